The topological polar surface area (TPSA) is 0 Å². The molecule has 0 aromatic carbocycles. The average molecular weight is 208 g/mol. The number of hydrogen-bond acceptors (Lipinski definition) is 0. The van der Waals surface area contributed by atoms with Crippen LogP contribution in [0.1, 0.15) is 13.8 Å². The first kappa shape index (κ1) is 10.5. The van der Waals surface area contributed by atoms with Gasteiger partial charge in [0.25, 0.3) is 0 Å². The molecule has 0 aliphatic heterocycles. The van der Waals surface area contributed by atoms with Gasteiger partial charge in [0.15, 0.2) is 0 Å². The summed E-state index contributed by atoms with van der Waals surface area (Å²) in [5.41, 5.74) is 0. The third kappa shape index (κ3) is 9.09. The smallest absolute Gasteiger partial charge is 0.00184 e. The molecule has 0 saturated carbocycles. The Kier molecular flexibility index (Phi) is 11.3. The van der Waals surface area contributed by atoms with Crippen molar-refractivity contribution in [1.82, 2.24) is 0 Å². The van der Waals surface area contributed by atoms with Gasteiger partial charge in [0, 0.05) is 27.5 Å². The summed E-state index contributed by atoms with van der Waals surface area (Å²) < 4.78 is 1.28. The Labute approximate surface area is 69.4 Å². The summed E-state index contributed by atoms with van der Waals surface area (Å²) in [4.78, 5) is 0. The van der Waals surface area contributed by atoms with Crippen LogP contribution < -0.4 is 0 Å². The maximum atomic E-state index is 2.38. The van der Waals surface area contributed by atoms with Gasteiger partial charge in [0.1, 0.15) is 0 Å². The van der Waals surface area contributed by atoms with E-state index in [1.165, 1.54) is 4.43 Å². The highest BCUT2D eigenvalue weighted by Crippen LogP contribution is 1.95. The molecule has 2 radical (unpaired) electrons. The van der Waals surface area contributed by atoms with Crippen LogP contribution in [0.2, 0.25) is 0 Å². The lowest BCUT2D eigenvalue weighted by atomic mass is 10.3. The molecule has 0 aromatic heterocycles. The van der Waals surface area contributed by atoms with E-state index in [1.807, 2.05) is 0 Å². The molecule has 6 heavy (non-hydrogen) atoms. The first-order chi connectivity index (χ1) is 2.27. The summed E-state index contributed by atoms with van der Waals surface area (Å²) in [6, 6.07) is 0. The van der Waals surface area contributed by atoms with Crippen molar-refractivity contribution in [3.05, 3.63) is 0 Å². The van der Waals surface area contributed by atoms with Crippen LogP contribution in [-0.2, 0) is 0 Å². The Bertz CT molecular complexity index is 21.5. The summed E-state index contributed by atoms with van der Waals surface area (Å²) in [6.07, 6.45) is 0. The van der Waals surface area contributed by atoms with Crippen molar-refractivity contribution < 1.29 is 0 Å². The van der Waals surface area contributed by atoms with Gasteiger partial charge in [0.05, 0.1) is 0 Å². The number of halogens is 1. The minimum Gasteiger partial charge on any atom is -0.0861 e. The first-order valence-corrected chi connectivity index (χ1v) is 3.36. The second-order valence-corrected chi connectivity index (χ2v) is 2.43. The fraction of sp³-hybridized carbons (Fsp3) is 1.00. The largest absolute Gasteiger partial charge is 0.0861 e. The number of rotatable bonds is 1. The van der Waals surface area contributed by atoms with Gasteiger partial charge in [-0.3, -0.25) is 0 Å². The molecule has 0 heterocycles. The molecular weight excluding hydrogens is 199 g/mol. The first-order valence-electron chi connectivity index (χ1n) is 1.83. The molecular formula is C4H9IMg. The van der Waals surface area contributed by atoms with Gasteiger partial charge in [-0.2, -0.15) is 0 Å². The fourth-order valence-electron chi connectivity index (χ4n) is 0. The Balaban J connectivity index is 0. The summed E-state index contributed by atoms with van der Waals surface area (Å²) in [6.45, 7) is 4.43. The second-order valence-electron chi connectivity index (χ2n) is 1.55. The van der Waals surface area contributed by atoms with Gasteiger partial charge in [0.2, 0.25) is 0 Å². The molecule has 0 nitrogen and oxygen atoms in total. The minimum absolute atomic E-state index is 0. The fourth-order valence-corrected chi connectivity index (χ4v) is 0. The van der Waals surface area contributed by atoms with Gasteiger partial charge in [-0.1, -0.05) is 36.4 Å². The molecule has 0 N–H and O–H groups in total. The highest BCUT2D eigenvalue weighted by Gasteiger charge is 1.81. The number of hydrogen-bond donors (Lipinski definition) is 0. The predicted octanol–water partition coefficient (Wildman–Crippen LogP) is 1.70. The van der Waals surface area contributed by atoms with E-state index in [0.29, 0.717) is 0 Å². The normalized spacial score (nSPS) is 8.00. The minimum atomic E-state index is 0. The maximum absolute atomic E-state index is 2.38. The summed E-state index contributed by atoms with van der Waals surface area (Å²) in [5.74, 6) is 0.871. The van der Waals surface area contributed by atoms with Crippen LogP contribution in [0.25, 0.3) is 0 Å². The Morgan fingerprint density at radius 1 is 1.50 bits per heavy atom. The molecule has 0 fully saturated rings. The van der Waals surface area contributed by atoms with Crippen molar-refractivity contribution in [2.75, 3.05) is 4.43 Å². The molecule has 0 atom stereocenters. The molecule has 0 rings (SSSR count). The molecule has 0 spiro atoms. The van der Waals surface area contributed by atoms with E-state index < -0.39 is 0 Å². The van der Waals surface area contributed by atoms with Crippen LogP contribution in [0, 0.1) is 5.92 Å². The molecule has 0 aliphatic carbocycles. The van der Waals surface area contributed by atoms with Gasteiger partial charge in [-0.05, 0) is 5.92 Å². The SMILES string of the molecule is CC(C)CI.[Mg]. The molecule has 0 aromatic rings. The molecule has 0 bridgehead atoms. The maximum Gasteiger partial charge on any atom is 0.00184 e. The lowest BCUT2D eigenvalue weighted by molar-refractivity contribution is 0.763. The lowest BCUT2D eigenvalue weighted by Gasteiger charge is -1.88. The van der Waals surface area contributed by atoms with Crippen LogP contribution >= 0.6 is 22.6 Å². The van der Waals surface area contributed by atoms with Crippen molar-refractivity contribution in [1.29, 1.82) is 0 Å². The standard InChI is InChI=1S/C4H9I.Mg/c1-4(2)3-5;/h4H,3H2,1-2H3;. The van der Waals surface area contributed by atoms with Gasteiger partial charge in [-0.15, -0.1) is 0 Å². The Morgan fingerprint density at radius 2 is 1.67 bits per heavy atom. The molecule has 34 valence electrons. The van der Waals surface area contributed by atoms with E-state index in [-0.39, 0.29) is 23.1 Å². The zero-order valence-electron chi connectivity index (χ0n) is 4.37. The second kappa shape index (κ2) is 6.50. The van der Waals surface area contributed by atoms with Crippen molar-refractivity contribution in [3.8, 4) is 0 Å². The monoisotopic (exact) mass is 208 g/mol. The van der Waals surface area contributed by atoms with Crippen molar-refractivity contribution >= 4 is 45.6 Å². The third-order valence-electron chi connectivity index (χ3n) is 0.309. The summed E-state index contributed by atoms with van der Waals surface area (Å²) in [7, 11) is 0. The van der Waals surface area contributed by atoms with E-state index in [2.05, 4.69) is 36.4 Å². The highest BCUT2D eigenvalue weighted by molar-refractivity contribution is 14.1. The average Bonchev–Trinajstić information content (AvgIpc) is 1.38. The van der Waals surface area contributed by atoms with E-state index in [1.54, 1.807) is 0 Å². The Hall–Kier alpha value is 1.50. The Morgan fingerprint density at radius 3 is 1.67 bits per heavy atom. The van der Waals surface area contributed by atoms with Gasteiger partial charge >= 0.3 is 0 Å². The molecule has 0 saturated heterocycles. The van der Waals surface area contributed by atoms with Crippen molar-refractivity contribution in [2.24, 2.45) is 5.92 Å². The highest BCUT2D eigenvalue weighted by atomic mass is 127. The molecule has 2 heteroatoms. The van der Waals surface area contributed by atoms with Crippen LogP contribution in [0.4, 0.5) is 0 Å². The van der Waals surface area contributed by atoms with Gasteiger partial charge < -0.3 is 0 Å². The van der Waals surface area contributed by atoms with Crippen LogP contribution in [0.3, 0.4) is 0 Å². The molecule has 0 amide bonds. The summed E-state index contributed by atoms with van der Waals surface area (Å²) >= 11 is 2.38. The number of alkyl halides is 1. The van der Waals surface area contributed by atoms with Gasteiger partial charge in [-0.25, -0.2) is 0 Å². The quantitative estimate of drug-likeness (QED) is 0.349. The summed E-state index contributed by atoms with van der Waals surface area (Å²) in [5, 5.41) is 0. The van der Waals surface area contributed by atoms with E-state index in [0.717, 1.165) is 5.92 Å². The molecule has 0 aliphatic rings. The van der Waals surface area contributed by atoms with E-state index in [9.17, 15) is 0 Å². The van der Waals surface area contributed by atoms with Crippen LogP contribution in [0.5, 0.6) is 0 Å². The van der Waals surface area contributed by atoms with Crippen molar-refractivity contribution in [2.45, 2.75) is 13.8 Å². The van der Waals surface area contributed by atoms with Crippen LogP contribution in [-0.4, -0.2) is 27.5 Å². The van der Waals surface area contributed by atoms with Crippen molar-refractivity contribution in [3.63, 3.8) is 0 Å². The third-order valence-corrected chi connectivity index (χ3v) is 2.07. The lowest BCUT2D eigenvalue weighted by Crippen LogP contribution is -1.82. The van der Waals surface area contributed by atoms with Crippen LogP contribution in [0.15, 0.2) is 0 Å². The van der Waals surface area contributed by atoms with E-state index in [4.69, 9.17) is 0 Å². The predicted molar refractivity (Wildman–Crippen MR) is 39.5 cm³/mol. The zero-order chi connectivity index (χ0) is 4.28. The van der Waals surface area contributed by atoms with E-state index >= 15 is 0 Å². The zero-order valence-corrected chi connectivity index (χ0v) is 7.94. The molecule has 0 unspecified atom stereocenters.